The molecule has 0 aromatic carbocycles. The van der Waals surface area contributed by atoms with Gasteiger partial charge in [-0.25, -0.2) is 0 Å². The fourth-order valence-electron chi connectivity index (χ4n) is 8.72. The van der Waals surface area contributed by atoms with Gasteiger partial charge in [-0.2, -0.15) is 0 Å². The third-order valence-corrected chi connectivity index (χ3v) is 13.3. The fraction of sp³-hybridized carbons (Fsp3) is 1.00. The third-order valence-electron chi connectivity index (χ3n) is 11.8. The van der Waals surface area contributed by atoms with Crippen molar-refractivity contribution in [3.63, 3.8) is 0 Å². The normalized spacial score (nSPS) is 35.2. The minimum absolute atomic E-state index is 0.226. The molecule has 0 aromatic heterocycles. The summed E-state index contributed by atoms with van der Waals surface area (Å²) in [5.74, 6) is 3.79. The van der Waals surface area contributed by atoms with Gasteiger partial charge in [-0.15, -0.1) is 0 Å². The highest BCUT2D eigenvalue weighted by atomic mass is 31.1. The molecule has 0 spiro atoms. The highest BCUT2D eigenvalue weighted by Gasteiger charge is 2.51. The van der Waals surface area contributed by atoms with Gasteiger partial charge < -0.3 is 14.0 Å². The zero-order valence-electron chi connectivity index (χ0n) is 31.2. The molecule has 2 aliphatic carbocycles. The van der Waals surface area contributed by atoms with Crippen LogP contribution < -0.4 is 0 Å². The molecule has 8 unspecified atom stereocenters. The van der Waals surface area contributed by atoms with Crippen LogP contribution in [0.4, 0.5) is 0 Å². The summed E-state index contributed by atoms with van der Waals surface area (Å²) in [6.45, 7) is 32.8. The minimum atomic E-state index is -0.758. The lowest BCUT2D eigenvalue weighted by Gasteiger charge is -2.54. The van der Waals surface area contributed by atoms with E-state index in [1.165, 1.54) is 64.2 Å². The lowest BCUT2D eigenvalue weighted by molar-refractivity contribution is -0.135. The second-order valence-electron chi connectivity index (χ2n) is 19.4. The molecule has 1 aliphatic heterocycles. The van der Waals surface area contributed by atoms with Gasteiger partial charge >= 0.3 is 0 Å². The standard InChI is InChI=1S/C39H75O3P/c1-14-15-16-17-18-19-20-42-43-26-40-34-28(22-30(36(2,3)4)24-32(34)38(8,9)10)21-29-23-31(37(5,6)7)25-33(39(11,12)13)35(29)41-27-43/h28-35H,14-27H2,1-13H3. The van der Waals surface area contributed by atoms with Crippen LogP contribution in [0.2, 0.25) is 0 Å². The van der Waals surface area contributed by atoms with Crippen LogP contribution in [-0.2, 0) is 14.0 Å². The Morgan fingerprint density at radius 2 is 0.953 bits per heavy atom. The van der Waals surface area contributed by atoms with Gasteiger partial charge in [-0.1, -0.05) is 122 Å². The Labute approximate surface area is 271 Å². The molecular weight excluding hydrogens is 547 g/mol. The van der Waals surface area contributed by atoms with Crippen LogP contribution in [-0.4, -0.2) is 31.5 Å². The number of unbranched alkanes of at least 4 members (excludes halogenated alkanes) is 5. The van der Waals surface area contributed by atoms with E-state index in [9.17, 15) is 0 Å². The first-order chi connectivity index (χ1) is 19.8. The topological polar surface area (TPSA) is 27.7 Å². The molecule has 1 saturated heterocycles. The molecule has 3 fully saturated rings. The van der Waals surface area contributed by atoms with Gasteiger partial charge in [0.25, 0.3) is 0 Å². The Morgan fingerprint density at radius 1 is 0.535 bits per heavy atom. The van der Waals surface area contributed by atoms with Crippen molar-refractivity contribution < 1.29 is 14.0 Å². The molecule has 4 heteroatoms. The summed E-state index contributed by atoms with van der Waals surface area (Å²) in [4.78, 5) is 0. The van der Waals surface area contributed by atoms with Crippen LogP contribution in [0.25, 0.3) is 0 Å². The van der Waals surface area contributed by atoms with E-state index >= 15 is 0 Å². The first kappa shape index (κ1) is 37.8. The second kappa shape index (κ2) is 15.5. The van der Waals surface area contributed by atoms with Gasteiger partial charge in [-0.3, -0.25) is 0 Å². The highest BCUT2D eigenvalue weighted by Crippen LogP contribution is 2.56. The molecule has 0 aromatic rings. The van der Waals surface area contributed by atoms with Crippen molar-refractivity contribution in [3.05, 3.63) is 0 Å². The Balaban J connectivity index is 1.93. The highest BCUT2D eigenvalue weighted by molar-refractivity contribution is 7.52. The van der Waals surface area contributed by atoms with Gasteiger partial charge in [0.2, 0.25) is 0 Å². The van der Waals surface area contributed by atoms with Gasteiger partial charge in [0.05, 0.1) is 39.7 Å². The van der Waals surface area contributed by atoms with Crippen LogP contribution in [0.5, 0.6) is 0 Å². The summed E-state index contributed by atoms with van der Waals surface area (Å²) in [5, 5.41) is 0. The Morgan fingerprint density at radius 3 is 1.35 bits per heavy atom. The van der Waals surface area contributed by atoms with Gasteiger partial charge in [0.15, 0.2) is 0 Å². The number of hydrogen-bond donors (Lipinski definition) is 0. The van der Waals surface area contributed by atoms with Crippen molar-refractivity contribution in [3.8, 4) is 0 Å². The van der Waals surface area contributed by atoms with E-state index in [1.54, 1.807) is 0 Å². The second-order valence-corrected chi connectivity index (χ2v) is 21.1. The molecule has 3 nitrogen and oxygen atoms in total. The first-order valence-corrected chi connectivity index (χ1v) is 20.1. The predicted molar refractivity (Wildman–Crippen MR) is 188 cm³/mol. The molecule has 8 atom stereocenters. The Hall–Kier alpha value is 0.310. The quantitative estimate of drug-likeness (QED) is 0.199. The monoisotopic (exact) mass is 623 g/mol. The largest absolute Gasteiger partial charge is 0.371 e. The maximum Gasteiger partial charge on any atom is 0.0932 e. The molecule has 0 bridgehead atoms. The summed E-state index contributed by atoms with van der Waals surface area (Å²) in [6.07, 6.45) is 16.3. The van der Waals surface area contributed by atoms with Crippen LogP contribution in [0.15, 0.2) is 0 Å². The molecule has 1 heterocycles. The van der Waals surface area contributed by atoms with Crippen molar-refractivity contribution >= 4 is 8.15 Å². The lowest BCUT2D eigenvalue weighted by Crippen LogP contribution is -2.51. The Bertz CT molecular complexity index is 754. The zero-order valence-corrected chi connectivity index (χ0v) is 32.1. The molecule has 2 saturated carbocycles. The van der Waals surface area contributed by atoms with E-state index in [4.69, 9.17) is 14.0 Å². The average Bonchev–Trinajstić information content (AvgIpc) is 2.87. The third kappa shape index (κ3) is 10.9. The Kier molecular flexibility index (Phi) is 13.6. The van der Waals surface area contributed by atoms with Crippen molar-refractivity contribution in [1.29, 1.82) is 0 Å². The molecule has 0 N–H and O–H groups in total. The van der Waals surface area contributed by atoms with Crippen LogP contribution in [0, 0.1) is 57.2 Å². The van der Waals surface area contributed by atoms with E-state index < -0.39 is 8.15 Å². The van der Waals surface area contributed by atoms with Gasteiger partial charge in [0.1, 0.15) is 0 Å². The molecule has 3 aliphatic rings. The molecular formula is C39H75O3P. The fourth-order valence-corrected chi connectivity index (χ4v) is 10.0. The number of hydrogen-bond acceptors (Lipinski definition) is 3. The summed E-state index contributed by atoms with van der Waals surface area (Å²) in [7, 11) is -0.758. The van der Waals surface area contributed by atoms with Crippen LogP contribution in [0.3, 0.4) is 0 Å². The van der Waals surface area contributed by atoms with Crippen LogP contribution in [0.1, 0.15) is 161 Å². The van der Waals surface area contributed by atoms with Crippen molar-refractivity contribution in [2.45, 2.75) is 173 Å². The number of rotatable bonds is 8. The van der Waals surface area contributed by atoms with Gasteiger partial charge in [0, 0.05) is 0 Å². The molecule has 43 heavy (non-hydrogen) atoms. The first-order valence-electron chi connectivity index (χ1n) is 18.4. The zero-order chi connectivity index (χ0) is 32.2. The van der Waals surface area contributed by atoms with E-state index in [-0.39, 0.29) is 10.8 Å². The minimum Gasteiger partial charge on any atom is -0.371 e. The van der Waals surface area contributed by atoms with E-state index in [2.05, 4.69) is 90.0 Å². The molecule has 3 rings (SSSR count). The van der Waals surface area contributed by atoms with Crippen molar-refractivity contribution in [1.82, 2.24) is 0 Å². The molecule has 254 valence electrons. The van der Waals surface area contributed by atoms with Crippen LogP contribution >= 0.6 is 8.15 Å². The van der Waals surface area contributed by atoms with Crippen molar-refractivity contribution in [2.24, 2.45) is 57.2 Å². The SMILES string of the molecule is CCCCCCCCOP1COC2C(CC3CC(C(C)(C)C)CC(C(C)(C)C)C3OC1)CC(C(C)(C)C)CC2C(C)(C)C. The number of ether oxygens (including phenoxy) is 2. The molecule has 0 radical (unpaired) electrons. The number of fused-ring (bicyclic) bond motifs is 2. The van der Waals surface area contributed by atoms with E-state index in [0.717, 1.165) is 37.6 Å². The molecule has 0 amide bonds. The maximum atomic E-state index is 7.14. The summed E-state index contributed by atoms with van der Waals surface area (Å²) >= 11 is 0. The summed E-state index contributed by atoms with van der Waals surface area (Å²) < 4.78 is 21.0. The average molecular weight is 623 g/mol. The van der Waals surface area contributed by atoms with E-state index in [1.807, 2.05) is 0 Å². The smallest absolute Gasteiger partial charge is 0.0932 e. The van der Waals surface area contributed by atoms with Crippen molar-refractivity contribution in [2.75, 3.05) is 19.3 Å². The maximum absolute atomic E-state index is 7.14. The summed E-state index contributed by atoms with van der Waals surface area (Å²) in [5.41, 5.74) is 1.09. The van der Waals surface area contributed by atoms with E-state index in [0.29, 0.717) is 46.7 Å². The summed E-state index contributed by atoms with van der Waals surface area (Å²) in [6, 6.07) is 0. The predicted octanol–water partition coefficient (Wildman–Crippen LogP) is 12.3. The van der Waals surface area contributed by atoms with Gasteiger partial charge in [-0.05, 0) is 95.7 Å². The lowest BCUT2D eigenvalue weighted by atomic mass is 9.55.